The van der Waals surface area contributed by atoms with Gasteiger partial charge in [-0.1, -0.05) is 32.9 Å². The summed E-state index contributed by atoms with van der Waals surface area (Å²) in [6.07, 6.45) is 1.17. The highest BCUT2D eigenvalue weighted by Gasteiger charge is 2.08. The number of hydrogen-bond donors (Lipinski definition) is 1. The molecular weight excluding hydrogens is 222 g/mol. The average molecular weight is 243 g/mol. The molecule has 0 aliphatic heterocycles. The van der Waals surface area contributed by atoms with Gasteiger partial charge < -0.3 is 9.84 Å². The fraction of sp³-hybridized carbons (Fsp3) is 0.818. The monoisotopic (exact) mass is 243 g/mol. The summed E-state index contributed by atoms with van der Waals surface area (Å²) < 4.78 is 5.14. The molecular formula is C11H21N3OS. The number of nitrogens with one attached hydrogen (secondary N) is 1. The van der Waals surface area contributed by atoms with Crippen molar-refractivity contribution in [1.82, 2.24) is 15.5 Å². The van der Waals surface area contributed by atoms with Crippen LogP contribution in [0, 0.1) is 0 Å². The van der Waals surface area contributed by atoms with Gasteiger partial charge >= 0.3 is 0 Å². The van der Waals surface area contributed by atoms with E-state index in [1.165, 1.54) is 6.42 Å². The number of hydrogen-bond acceptors (Lipinski definition) is 5. The predicted octanol–water partition coefficient (Wildman–Crippen LogP) is 2.60. The van der Waals surface area contributed by atoms with Crippen molar-refractivity contribution in [2.75, 3.05) is 0 Å². The Balaban J connectivity index is 2.33. The van der Waals surface area contributed by atoms with E-state index in [1.54, 1.807) is 0 Å². The second kappa shape index (κ2) is 6.91. The number of rotatable bonds is 7. The van der Waals surface area contributed by atoms with Gasteiger partial charge in [0.15, 0.2) is 5.82 Å². The summed E-state index contributed by atoms with van der Waals surface area (Å²) in [5.74, 6) is 2.31. The molecule has 1 N–H and O–H groups in total. The summed E-state index contributed by atoms with van der Waals surface area (Å²) in [4.78, 5) is 4.33. The molecule has 0 saturated carbocycles. The molecule has 1 aromatic heterocycles. The van der Waals surface area contributed by atoms with Gasteiger partial charge in [-0.25, -0.2) is 0 Å². The molecule has 0 amide bonds. The second-order valence-corrected chi connectivity index (χ2v) is 5.60. The van der Waals surface area contributed by atoms with Crippen molar-refractivity contribution in [2.45, 2.75) is 57.7 Å². The van der Waals surface area contributed by atoms with Crippen LogP contribution in [0.5, 0.6) is 0 Å². The van der Waals surface area contributed by atoms with E-state index in [4.69, 9.17) is 4.52 Å². The summed E-state index contributed by atoms with van der Waals surface area (Å²) in [5.41, 5.74) is 0. The second-order valence-electron chi connectivity index (χ2n) is 4.17. The maximum absolute atomic E-state index is 5.14. The Bertz CT molecular complexity index is 301. The lowest BCUT2D eigenvalue weighted by atomic mass is 10.4. The fourth-order valence-corrected chi connectivity index (χ4v) is 1.83. The summed E-state index contributed by atoms with van der Waals surface area (Å²) in [5, 5.41) is 7.85. The number of aromatic nitrogens is 2. The molecule has 1 unspecified atom stereocenters. The highest BCUT2D eigenvalue weighted by molar-refractivity contribution is 7.99. The molecule has 0 saturated heterocycles. The molecule has 0 aromatic carbocycles. The zero-order chi connectivity index (χ0) is 12.0. The molecule has 0 aliphatic carbocycles. The lowest BCUT2D eigenvalue weighted by molar-refractivity contribution is 0.358. The van der Waals surface area contributed by atoms with E-state index in [1.807, 2.05) is 11.8 Å². The Morgan fingerprint density at radius 3 is 2.75 bits per heavy atom. The Morgan fingerprint density at radius 1 is 1.38 bits per heavy atom. The van der Waals surface area contributed by atoms with Gasteiger partial charge in [0.1, 0.15) is 0 Å². The molecule has 0 fully saturated rings. The Labute approximate surface area is 102 Å². The molecule has 1 atom stereocenters. The van der Waals surface area contributed by atoms with Gasteiger partial charge in [-0.15, -0.1) is 0 Å². The highest BCUT2D eigenvalue weighted by atomic mass is 32.2. The van der Waals surface area contributed by atoms with Gasteiger partial charge in [-0.2, -0.15) is 16.7 Å². The Hall–Kier alpha value is -0.550. The SMILES string of the molecule is CCC(C)SCc1noc(CNC(C)C)n1. The average Bonchev–Trinajstić information content (AvgIpc) is 2.71. The van der Waals surface area contributed by atoms with Crippen LogP contribution in [0.3, 0.4) is 0 Å². The van der Waals surface area contributed by atoms with Crippen molar-refractivity contribution in [3.8, 4) is 0 Å². The molecule has 0 aliphatic rings. The summed E-state index contributed by atoms with van der Waals surface area (Å²) in [6.45, 7) is 9.24. The zero-order valence-corrected chi connectivity index (χ0v) is 11.3. The molecule has 0 radical (unpaired) electrons. The minimum Gasteiger partial charge on any atom is -0.338 e. The minimum atomic E-state index is 0.435. The molecule has 92 valence electrons. The fourth-order valence-electron chi connectivity index (χ4n) is 1.05. The van der Waals surface area contributed by atoms with Crippen molar-refractivity contribution < 1.29 is 4.52 Å². The van der Waals surface area contributed by atoms with Gasteiger partial charge in [-0.3, -0.25) is 0 Å². The maximum atomic E-state index is 5.14. The van der Waals surface area contributed by atoms with Crippen LogP contribution >= 0.6 is 11.8 Å². The number of thioether (sulfide) groups is 1. The molecule has 5 heteroatoms. The van der Waals surface area contributed by atoms with Crippen LogP contribution < -0.4 is 5.32 Å². The summed E-state index contributed by atoms with van der Waals surface area (Å²) in [6, 6.07) is 0.435. The first kappa shape index (κ1) is 13.5. The summed E-state index contributed by atoms with van der Waals surface area (Å²) in [7, 11) is 0. The first-order chi connectivity index (χ1) is 7.61. The lowest BCUT2D eigenvalue weighted by Gasteiger charge is -2.04. The number of nitrogens with zero attached hydrogens (tertiary/aromatic N) is 2. The molecule has 0 spiro atoms. The van der Waals surface area contributed by atoms with Gasteiger partial charge in [0, 0.05) is 11.3 Å². The van der Waals surface area contributed by atoms with E-state index >= 15 is 0 Å². The normalized spacial score (nSPS) is 13.3. The van der Waals surface area contributed by atoms with Gasteiger partial charge in [0.25, 0.3) is 0 Å². The molecule has 1 rings (SSSR count). The lowest BCUT2D eigenvalue weighted by Crippen LogP contribution is -2.21. The third-order valence-corrected chi connectivity index (χ3v) is 3.57. The van der Waals surface area contributed by atoms with Crippen LogP contribution in [0.1, 0.15) is 45.8 Å². The quantitative estimate of drug-likeness (QED) is 0.797. The predicted molar refractivity (Wildman–Crippen MR) is 67.3 cm³/mol. The van der Waals surface area contributed by atoms with Crippen LogP contribution in [0.4, 0.5) is 0 Å². The van der Waals surface area contributed by atoms with E-state index in [0.717, 1.165) is 11.6 Å². The molecule has 4 nitrogen and oxygen atoms in total. The van der Waals surface area contributed by atoms with E-state index in [0.29, 0.717) is 23.7 Å². The zero-order valence-electron chi connectivity index (χ0n) is 10.5. The smallest absolute Gasteiger partial charge is 0.240 e. The molecule has 0 bridgehead atoms. The first-order valence-corrected chi connectivity index (χ1v) is 6.83. The molecule has 1 aromatic rings. The summed E-state index contributed by atoms with van der Waals surface area (Å²) >= 11 is 1.86. The van der Waals surface area contributed by atoms with Gasteiger partial charge in [-0.05, 0) is 6.42 Å². The third-order valence-electron chi connectivity index (χ3n) is 2.24. The van der Waals surface area contributed by atoms with Crippen molar-refractivity contribution in [3.05, 3.63) is 11.7 Å². The molecule has 16 heavy (non-hydrogen) atoms. The largest absolute Gasteiger partial charge is 0.338 e. The van der Waals surface area contributed by atoms with Crippen molar-refractivity contribution in [3.63, 3.8) is 0 Å². The van der Waals surface area contributed by atoms with E-state index in [-0.39, 0.29) is 0 Å². The van der Waals surface area contributed by atoms with E-state index in [9.17, 15) is 0 Å². The third kappa shape index (κ3) is 4.99. The van der Waals surface area contributed by atoms with E-state index in [2.05, 4.69) is 43.2 Å². The van der Waals surface area contributed by atoms with E-state index < -0.39 is 0 Å². The Morgan fingerprint density at radius 2 is 2.12 bits per heavy atom. The van der Waals surface area contributed by atoms with Gasteiger partial charge in [0.05, 0.1) is 12.3 Å². The Kier molecular flexibility index (Phi) is 5.84. The standard InChI is InChI=1S/C11H21N3OS/c1-5-9(4)16-7-10-13-11(15-14-10)6-12-8(2)3/h8-9,12H,5-7H2,1-4H3. The van der Waals surface area contributed by atoms with Crippen molar-refractivity contribution in [2.24, 2.45) is 0 Å². The maximum Gasteiger partial charge on any atom is 0.240 e. The highest BCUT2D eigenvalue weighted by Crippen LogP contribution is 2.17. The van der Waals surface area contributed by atoms with Crippen LogP contribution in [-0.4, -0.2) is 21.4 Å². The van der Waals surface area contributed by atoms with Crippen LogP contribution in [0.25, 0.3) is 0 Å². The van der Waals surface area contributed by atoms with Crippen LogP contribution in [0.2, 0.25) is 0 Å². The van der Waals surface area contributed by atoms with Gasteiger partial charge in [0.2, 0.25) is 5.89 Å². The minimum absolute atomic E-state index is 0.435. The van der Waals surface area contributed by atoms with Crippen molar-refractivity contribution >= 4 is 11.8 Å². The topological polar surface area (TPSA) is 51.0 Å². The van der Waals surface area contributed by atoms with Crippen LogP contribution in [-0.2, 0) is 12.3 Å². The van der Waals surface area contributed by atoms with Crippen LogP contribution in [0.15, 0.2) is 4.52 Å². The van der Waals surface area contributed by atoms with Crippen molar-refractivity contribution in [1.29, 1.82) is 0 Å². The molecule has 1 heterocycles. The first-order valence-electron chi connectivity index (χ1n) is 5.78.